The molecule has 1 fully saturated rings. The van der Waals surface area contributed by atoms with Gasteiger partial charge in [0.1, 0.15) is 11.4 Å². The van der Waals surface area contributed by atoms with E-state index in [1.165, 1.54) is 12.8 Å². The van der Waals surface area contributed by atoms with E-state index in [1.54, 1.807) is 18.3 Å². The van der Waals surface area contributed by atoms with Gasteiger partial charge >= 0.3 is 0 Å². The number of pyridine rings is 1. The predicted octanol–water partition coefficient (Wildman–Crippen LogP) is 1.29. The third-order valence-corrected chi connectivity index (χ3v) is 3.75. The van der Waals surface area contributed by atoms with E-state index in [-0.39, 0.29) is 5.84 Å². The molecule has 0 amide bonds. The zero-order valence-electron chi connectivity index (χ0n) is 11.8. The van der Waals surface area contributed by atoms with Crippen molar-refractivity contribution in [1.82, 2.24) is 9.88 Å². The second-order valence-electron chi connectivity index (χ2n) is 5.05. The number of amidine groups is 1. The number of ether oxygens (including phenoxy) is 1. The lowest BCUT2D eigenvalue weighted by Crippen LogP contribution is -2.35. The lowest BCUT2D eigenvalue weighted by atomic mass is 9.98. The van der Waals surface area contributed by atoms with E-state index in [4.69, 9.17) is 15.7 Å². The summed E-state index contributed by atoms with van der Waals surface area (Å²) in [5.74, 6) is 1.34. The normalized spacial score (nSPS) is 18.1. The SMILES string of the molecule is CCN1CCC(COc2ccc(C(N)=NO)nc2)CC1. The summed E-state index contributed by atoms with van der Waals surface area (Å²) < 4.78 is 5.76. The third-order valence-electron chi connectivity index (χ3n) is 3.75. The molecule has 2 rings (SSSR count). The maximum Gasteiger partial charge on any atom is 0.188 e. The van der Waals surface area contributed by atoms with Gasteiger partial charge in [-0.2, -0.15) is 0 Å². The Hall–Kier alpha value is -1.82. The molecule has 6 heteroatoms. The van der Waals surface area contributed by atoms with Crippen molar-refractivity contribution < 1.29 is 9.94 Å². The van der Waals surface area contributed by atoms with E-state index < -0.39 is 0 Å². The predicted molar refractivity (Wildman–Crippen MR) is 77.1 cm³/mol. The second-order valence-corrected chi connectivity index (χ2v) is 5.05. The first-order valence-electron chi connectivity index (χ1n) is 7.02. The zero-order chi connectivity index (χ0) is 14.4. The minimum Gasteiger partial charge on any atom is -0.492 e. The van der Waals surface area contributed by atoms with Crippen molar-refractivity contribution in [3.05, 3.63) is 24.0 Å². The average molecular weight is 278 g/mol. The highest BCUT2D eigenvalue weighted by molar-refractivity contribution is 5.95. The summed E-state index contributed by atoms with van der Waals surface area (Å²) in [5, 5.41) is 11.5. The van der Waals surface area contributed by atoms with Crippen LogP contribution in [0.25, 0.3) is 0 Å². The molecule has 0 aromatic carbocycles. The summed E-state index contributed by atoms with van der Waals surface area (Å²) in [6.45, 7) is 6.37. The van der Waals surface area contributed by atoms with Crippen LogP contribution in [0.5, 0.6) is 5.75 Å². The number of oxime groups is 1. The van der Waals surface area contributed by atoms with E-state index >= 15 is 0 Å². The smallest absolute Gasteiger partial charge is 0.188 e. The second kappa shape index (κ2) is 7.09. The standard InChI is InChI=1S/C14H22N4O2/c1-2-18-7-5-11(6-8-18)10-20-12-3-4-13(16-9-12)14(15)17-19/h3-4,9,11,19H,2,5-8,10H2,1H3,(H2,15,17). The fourth-order valence-electron chi connectivity index (χ4n) is 2.35. The summed E-state index contributed by atoms with van der Waals surface area (Å²) in [5.41, 5.74) is 5.89. The van der Waals surface area contributed by atoms with Gasteiger partial charge in [0.2, 0.25) is 0 Å². The molecule has 1 aromatic rings. The fourth-order valence-corrected chi connectivity index (χ4v) is 2.35. The van der Waals surface area contributed by atoms with E-state index in [0.29, 0.717) is 11.6 Å². The molecule has 0 saturated carbocycles. The van der Waals surface area contributed by atoms with Crippen molar-refractivity contribution in [1.29, 1.82) is 0 Å². The molecule has 0 unspecified atom stereocenters. The molecular weight excluding hydrogens is 256 g/mol. The Morgan fingerprint density at radius 1 is 1.50 bits per heavy atom. The fraction of sp³-hybridized carbons (Fsp3) is 0.571. The summed E-state index contributed by atoms with van der Waals surface area (Å²) in [6.07, 6.45) is 3.97. The highest BCUT2D eigenvalue weighted by Gasteiger charge is 2.18. The van der Waals surface area contributed by atoms with Crippen molar-refractivity contribution in [3.8, 4) is 5.75 Å². The Morgan fingerprint density at radius 3 is 2.80 bits per heavy atom. The Balaban J connectivity index is 1.80. The third kappa shape index (κ3) is 3.84. The van der Waals surface area contributed by atoms with Crippen LogP contribution in [0.4, 0.5) is 0 Å². The summed E-state index contributed by atoms with van der Waals surface area (Å²) in [6, 6.07) is 3.48. The Morgan fingerprint density at radius 2 is 2.25 bits per heavy atom. The van der Waals surface area contributed by atoms with Crippen LogP contribution < -0.4 is 10.5 Å². The first kappa shape index (κ1) is 14.6. The number of aromatic nitrogens is 1. The lowest BCUT2D eigenvalue weighted by molar-refractivity contribution is 0.145. The molecule has 2 heterocycles. The van der Waals surface area contributed by atoms with Crippen LogP contribution in [0, 0.1) is 5.92 Å². The highest BCUT2D eigenvalue weighted by Crippen LogP contribution is 2.19. The van der Waals surface area contributed by atoms with Crippen molar-refractivity contribution >= 4 is 5.84 Å². The number of hydrogen-bond donors (Lipinski definition) is 2. The highest BCUT2D eigenvalue weighted by atomic mass is 16.5. The molecule has 20 heavy (non-hydrogen) atoms. The van der Waals surface area contributed by atoms with E-state index in [2.05, 4.69) is 22.0 Å². The van der Waals surface area contributed by atoms with Crippen molar-refractivity contribution in [2.75, 3.05) is 26.2 Å². The van der Waals surface area contributed by atoms with Gasteiger partial charge in [-0.15, -0.1) is 0 Å². The number of likely N-dealkylation sites (tertiary alicyclic amines) is 1. The van der Waals surface area contributed by atoms with Crippen molar-refractivity contribution in [2.45, 2.75) is 19.8 Å². The van der Waals surface area contributed by atoms with E-state index in [1.807, 2.05) is 0 Å². The molecule has 1 aromatic heterocycles. The molecular formula is C14H22N4O2. The van der Waals surface area contributed by atoms with Crippen LogP contribution in [0.3, 0.4) is 0 Å². The van der Waals surface area contributed by atoms with Gasteiger partial charge in [-0.05, 0) is 50.5 Å². The van der Waals surface area contributed by atoms with E-state index in [0.717, 1.165) is 32.0 Å². The molecule has 1 aliphatic rings. The molecule has 0 atom stereocenters. The van der Waals surface area contributed by atoms with Crippen LogP contribution in [0.2, 0.25) is 0 Å². The van der Waals surface area contributed by atoms with Crippen LogP contribution in [0.15, 0.2) is 23.5 Å². The molecule has 0 aliphatic carbocycles. The van der Waals surface area contributed by atoms with Gasteiger partial charge in [-0.1, -0.05) is 12.1 Å². The van der Waals surface area contributed by atoms with Crippen molar-refractivity contribution in [2.24, 2.45) is 16.8 Å². The Kier molecular flexibility index (Phi) is 5.17. The summed E-state index contributed by atoms with van der Waals surface area (Å²) in [4.78, 5) is 6.55. The monoisotopic (exact) mass is 278 g/mol. The number of piperidine rings is 1. The van der Waals surface area contributed by atoms with E-state index in [9.17, 15) is 0 Å². The minimum atomic E-state index is 0.00323. The lowest BCUT2D eigenvalue weighted by Gasteiger charge is -2.30. The minimum absolute atomic E-state index is 0.00323. The van der Waals surface area contributed by atoms with Crippen LogP contribution in [-0.4, -0.2) is 47.2 Å². The first-order chi connectivity index (χ1) is 9.72. The maximum absolute atomic E-state index is 8.56. The maximum atomic E-state index is 8.56. The molecule has 1 aliphatic heterocycles. The van der Waals surface area contributed by atoms with Gasteiger partial charge in [-0.25, -0.2) is 4.98 Å². The number of hydrogen-bond acceptors (Lipinski definition) is 5. The number of nitrogens with zero attached hydrogens (tertiary/aromatic N) is 3. The molecule has 0 radical (unpaired) electrons. The van der Waals surface area contributed by atoms with Gasteiger partial charge < -0.3 is 20.6 Å². The molecule has 1 saturated heterocycles. The summed E-state index contributed by atoms with van der Waals surface area (Å²) in [7, 11) is 0. The summed E-state index contributed by atoms with van der Waals surface area (Å²) >= 11 is 0. The number of rotatable bonds is 5. The van der Waals surface area contributed by atoms with Crippen LogP contribution in [0.1, 0.15) is 25.5 Å². The molecule has 0 bridgehead atoms. The molecule has 3 N–H and O–H groups in total. The van der Waals surface area contributed by atoms with Gasteiger partial charge in [-0.3, -0.25) is 0 Å². The van der Waals surface area contributed by atoms with Crippen molar-refractivity contribution in [3.63, 3.8) is 0 Å². The largest absolute Gasteiger partial charge is 0.492 e. The van der Waals surface area contributed by atoms with Gasteiger partial charge in [0.15, 0.2) is 5.84 Å². The first-order valence-corrected chi connectivity index (χ1v) is 7.02. The Labute approximate surface area is 119 Å². The average Bonchev–Trinajstić information content (AvgIpc) is 2.53. The van der Waals surface area contributed by atoms with Crippen LogP contribution in [-0.2, 0) is 0 Å². The Bertz CT molecular complexity index is 439. The molecule has 110 valence electrons. The van der Waals surface area contributed by atoms with Gasteiger partial charge in [0.25, 0.3) is 0 Å². The quantitative estimate of drug-likeness (QED) is 0.367. The molecule has 6 nitrogen and oxygen atoms in total. The van der Waals surface area contributed by atoms with Gasteiger partial charge in [0, 0.05) is 0 Å². The zero-order valence-corrected chi connectivity index (χ0v) is 11.8. The number of nitrogens with two attached hydrogens (primary N) is 1. The van der Waals surface area contributed by atoms with Crippen LogP contribution >= 0.6 is 0 Å². The topological polar surface area (TPSA) is 84.0 Å². The van der Waals surface area contributed by atoms with Gasteiger partial charge in [0.05, 0.1) is 12.8 Å². The molecule has 0 spiro atoms.